The summed E-state index contributed by atoms with van der Waals surface area (Å²) in [5, 5.41) is 0.153. The number of allylic oxidation sites excluding steroid dienone is 1. The summed E-state index contributed by atoms with van der Waals surface area (Å²) in [5.41, 5.74) is 0. The van der Waals surface area contributed by atoms with Crippen LogP contribution >= 0.6 is 27.7 Å². The molecule has 1 saturated heterocycles. The number of ether oxygens (including phenoxy) is 3. The number of hydrogen-bond donors (Lipinski definition) is 0. The SMILES string of the molecule is COC(=O)CC(C)/C(Br)=C/C(Sc1ccccc1)C(C)C1OCCO1. The van der Waals surface area contributed by atoms with Crippen LogP contribution in [0, 0.1) is 11.8 Å². The Balaban J connectivity index is 2.14. The molecule has 0 aliphatic carbocycles. The number of esters is 1. The van der Waals surface area contributed by atoms with E-state index in [9.17, 15) is 4.79 Å². The fraction of sp³-hybridized carbons (Fsp3) is 0.526. The van der Waals surface area contributed by atoms with Gasteiger partial charge in [0.2, 0.25) is 0 Å². The van der Waals surface area contributed by atoms with E-state index in [1.165, 1.54) is 12.0 Å². The molecule has 138 valence electrons. The first kappa shape index (κ1) is 20.5. The van der Waals surface area contributed by atoms with Gasteiger partial charge in [-0.2, -0.15) is 0 Å². The molecule has 2 rings (SSSR count). The van der Waals surface area contributed by atoms with Crippen molar-refractivity contribution in [1.29, 1.82) is 0 Å². The molecule has 25 heavy (non-hydrogen) atoms. The van der Waals surface area contributed by atoms with Crippen molar-refractivity contribution < 1.29 is 19.0 Å². The lowest BCUT2D eigenvalue weighted by Gasteiger charge is -2.26. The molecule has 1 aromatic carbocycles. The normalized spacial score (nSPS) is 19.4. The summed E-state index contributed by atoms with van der Waals surface area (Å²) in [5.74, 6) is 0.0233. The van der Waals surface area contributed by atoms with Gasteiger partial charge in [0.1, 0.15) is 0 Å². The Morgan fingerprint density at radius 3 is 2.56 bits per heavy atom. The van der Waals surface area contributed by atoms with Crippen molar-refractivity contribution in [3.8, 4) is 0 Å². The zero-order chi connectivity index (χ0) is 18.2. The second-order valence-corrected chi connectivity index (χ2v) is 8.26. The molecule has 0 spiro atoms. The fourth-order valence-corrected chi connectivity index (χ4v) is 4.34. The molecular weight excluding hydrogens is 404 g/mol. The van der Waals surface area contributed by atoms with E-state index in [1.54, 1.807) is 11.8 Å². The molecule has 3 atom stereocenters. The molecule has 0 radical (unpaired) electrons. The van der Waals surface area contributed by atoms with Crippen LogP contribution in [-0.2, 0) is 19.0 Å². The van der Waals surface area contributed by atoms with Gasteiger partial charge >= 0.3 is 5.97 Å². The van der Waals surface area contributed by atoms with Crippen molar-refractivity contribution in [2.45, 2.75) is 36.7 Å². The lowest BCUT2D eigenvalue weighted by Crippen LogP contribution is -2.27. The summed E-state index contributed by atoms with van der Waals surface area (Å²) >= 11 is 5.42. The zero-order valence-electron chi connectivity index (χ0n) is 14.8. The smallest absolute Gasteiger partial charge is 0.306 e. The van der Waals surface area contributed by atoms with Gasteiger partial charge in [0.15, 0.2) is 6.29 Å². The van der Waals surface area contributed by atoms with Gasteiger partial charge in [-0.3, -0.25) is 4.79 Å². The van der Waals surface area contributed by atoms with Crippen LogP contribution in [0.25, 0.3) is 0 Å². The largest absolute Gasteiger partial charge is 0.469 e. The number of hydrogen-bond acceptors (Lipinski definition) is 5. The molecule has 0 amide bonds. The van der Waals surface area contributed by atoms with Crippen LogP contribution in [0.4, 0.5) is 0 Å². The molecule has 0 N–H and O–H groups in total. The molecular formula is C19H25BrO4S. The Morgan fingerprint density at radius 2 is 1.96 bits per heavy atom. The van der Waals surface area contributed by atoms with Gasteiger partial charge in [0.25, 0.3) is 0 Å². The van der Waals surface area contributed by atoms with E-state index >= 15 is 0 Å². The predicted molar refractivity (Wildman–Crippen MR) is 104 cm³/mol. The number of methoxy groups -OCH3 is 1. The Bertz CT molecular complexity index is 572. The monoisotopic (exact) mass is 428 g/mol. The number of carbonyl (C=O) groups is 1. The van der Waals surface area contributed by atoms with E-state index < -0.39 is 0 Å². The summed E-state index contributed by atoms with van der Waals surface area (Å²) in [6.45, 7) is 5.43. The summed E-state index contributed by atoms with van der Waals surface area (Å²) < 4.78 is 17.2. The maximum atomic E-state index is 11.5. The van der Waals surface area contributed by atoms with Crippen LogP contribution < -0.4 is 0 Å². The highest BCUT2D eigenvalue weighted by Gasteiger charge is 2.30. The van der Waals surface area contributed by atoms with E-state index in [0.717, 1.165) is 4.48 Å². The van der Waals surface area contributed by atoms with Gasteiger partial charge in [0, 0.05) is 16.1 Å². The van der Waals surface area contributed by atoms with Crippen LogP contribution in [0.2, 0.25) is 0 Å². The minimum atomic E-state index is -0.208. The van der Waals surface area contributed by atoms with E-state index in [4.69, 9.17) is 14.2 Å². The van der Waals surface area contributed by atoms with Gasteiger partial charge < -0.3 is 14.2 Å². The minimum absolute atomic E-state index is 0.0592. The third-order valence-electron chi connectivity index (χ3n) is 4.11. The molecule has 1 fully saturated rings. The average molecular weight is 429 g/mol. The maximum Gasteiger partial charge on any atom is 0.306 e. The van der Waals surface area contributed by atoms with Crippen LogP contribution in [0.1, 0.15) is 20.3 Å². The summed E-state index contributed by atoms with van der Waals surface area (Å²) in [6, 6.07) is 10.3. The second kappa shape index (κ2) is 10.4. The summed E-state index contributed by atoms with van der Waals surface area (Å²) in [7, 11) is 1.41. The molecule has 3 unspecified atom stereocenters. The minimum Gasteiger partial charge on any atom is -0.469 e. The molecule has 1 aromatic rings. The molecule has 1 aliphatic rings. The van der Waals surface area contributed by atoms with Gasteiger partial charge in [0.05, 0.1) is 26.7 Å². The molecule has 0 bridgehead atoms. The van der Waals surface area contributed by atoms with Crippen LogP contribution in [0.3, 0.4) is 0 Å². The van der Waals surface area contributed by atoms with E-state index in [0.29, 0.717) is 19.6 Å². The topological polar surface area (TPSA) is 44.8 Å². The molecule has 0 saturated carbocycles. The first-order chi connectivity index (χ1) is 12.0. The quantitative estimate of drug-likeness (QED) is 0.445. The lowest BCUT2D eigenvalue weighted by atomic mass is 10.0. The van der Waals surface area contributed by atoms with Crippen molar-refractivity contribution in [2.24, 2.45) is 11.8 Å². The molecule has 6 heteroatoms. The first-order valence-corrected chi connectivity index (χ1v) is 10.1. The molecule has 1 aliphatic heterocycles. The van der Waals surface area contributed by atoms with Crippen molar-refractivity contribution in [3.63, 3.8) is 0 Å². The predicted octanol–water partition coefficient (Wildman–Crippen LogP) is 4.63. The van der Waals surface area contributed by atoms with Crippen molar-refractivity contribution >= 4 is 33.7 Å². The highest BCUT2D eigenvalue weighted by atomic mass is 79.9. The Hall–Kier alpha value is -0.820. The van der Waals surface area contributed by atoms with E-state index in [1.807, 2.05) is 25.1 Å². The number of rotatable bonds is 8. The van der Waals surface area contributed by atoms with Gasteiger partial charge in [-0.05, 0) is 22.5 Å². The molecule has 0 aromatic heterocycles. The van der Waals surface area contributed by atoms with Gasteiger partial charge in [-0.1, -0.05) is 54.1 Å². The molecule has 1 heterocycles. The standard InChI is InChI=1S/C19H25BrO4S/c1-13(11-18(21)22-3)16(20)12-17(14(2)19-23-9-10-24-19)25-15-7-5-4-6-8-15/h4-8,12-14,17,19H,9-11H2,1-3H3/b16-12-. The highest BCUT2D eigenvalue weighted by molar-refractivity contribution is 9.11. The van der Waals surface area contributed by atoms with Gasteiger partial charge in [-0.25, -0.2) is 0 Å². The Morgan fingerprint density at radius 1 is 1.32 bits per heavy atom. The number of thioether (sulfide) groups is 1. The van der Waals surface area contributed by atoms with E-state index in [2.05, 4.69) is 41.1 Å². The third-order valence-corrected chi connectivity index (χ3v) is 6.53. The van der Waals surface area contributed by atoms with E-state index in [-0.39, 0.29) is 29.3 Å². The van der Waals surface area contributed by atoms with Gasteiger partial charge in [-0.15, -0.1) is 11.8 Å². The third kappa shape index (κ3) is 6.44. The number of carbonyl (C=O) groups excluding carboxylic acids is 1. The fourth-order valence-electron chi connectivity index (χ4n) is 2.54. The lowest BCUT2D eigenvalue weighted by molar-refractivity contribution is -0.141. The number of halogens is 1. The van der Waals surface area contributed by atoms with Crippen molar-refractivity contribution in [3.05, 3.63) is 40.9 Å². The summed E-state index contributed by atoms with van der Waals surface area (Å²) in [6.07, 6.45) is 2.32. The van der Waals surface area contributed by atoms with Crippen LogP contribution in [0.5, 0.6) is 0 Å². The number of benzene rings is 1. The Labute approximate surface area is 162 Å². The Kier molecular flexibility index (Phi) is 8.49. The zero-order valence-corrected chi connectivity index (χ0v) is 17.2. The van der Waals surface area contributed by atoms with Crippen molar-refractivity contribution in [2.75, 3.05) is 20.3 Å². The summed E-state index contributed by atoms with van der Waals surface area (Å²) in [4.78, 5) is 12.7. The molecule has 4 nitrogen and oxygen atoms in total. The second-order valence-electron chi connectivity index (χ2n) is 6.10. The van der Waals surface area contributed by atoms with Crippen LogP contribution in [-0.4, -0.2) is 37.8 Å². The average Bonchev–Trinajstić information content (AvgIpc) is 3.15. The maximum absolute atomic E-state index is 11.5. The van der Waals surface area contributed by atoms with Crippen LogP contribution in [0.15, 0.2) is 45.8 Å². The van der Waals surface area contributed by atoms with Crippen molar-refractivity contribution in [1.82, 2.24) is 0 Å². The highest BCUT2D eigenvalue weighted by Crippen LogP contribution is 2.35. The first-order valence-electron chi connectivity index (χ1n) is 8.40.